The SMILES string of the molecule is CC(C)[Si](C#Cc1cccc2c(C#N)c(-c3ccccc3)cc-2c1)(C(C)C)C(C)C. The third-order valence-electron chi connectivity index (χ3n) is 6.49. The van der Waals surface area contributed by atoms with Crippen molar-refractivity contribution >= 4 is 8.07 Å². The Morgan fingerprint density at radius 2 is 1.33 bits per heavy atom. The Kier molecular flexibility index (Phi) is 6.50. The Balaban J connectivity index is 2.14. The molecule has 2 aliphatic rings. The number of benzene rings is 1. The summed E-state index contributed by atoms with van der Waals surface area (Å²) in [5.74, 6) is 3.56. The van der Waals surface area contributed by atoms with E-state index in [0.29, 0.717) is 16.6 Å². The molecule has 0 N–H and O–H groups in total. The smallest absolute Gasteiger partial charge is 0.146 e. The molecule has 0 radical (unpaired) electrons. The van der Waals surface area contributed by atoms with Gasteiger partial charge in [-0.1, -0.05) is 89.9 Å². The molecule has 2 heteroatoms. The fraction of sp³-hybridized carbons (Fsp3) is 0.321. The molecule has 0 atom stereocenters. The summed E-state index contributed by atoms with van der Waals surface area (Å²) < 4.78 is 0. The average molecular weight is 410 g/mol. The zero-order valence-corrected chi connectivity index (χ0v) is 20.0. The van der Waals surface area contributed by atoms with Crippen LogP contribution < -0.4 is 0 Å². The molecule has 0 amide bonds. The van der Waals surface area contributed by atoms with E-state index >= 15 is 0 Å². The van der Waals surface area contributed by atoms with Crippen molar-refractivity contribution in [2.24, 2.45) is 0 Å². The lowest BCUT2D eigenvalue weighted by Crippen LogP contribution is -2.43. The van der Waals surface area contributed by atoms with Gasteiger partial charge in [-0.2, -0.15) is 5.26 Å². The van der Waals surface area contributed by atoms with E-state index in [1.807, 2.05) is 30.3 Å². The summed E-state index contributed by atoms with van der Waals surface area (Å²) in [6, 6.07) is 23.0. The van der Waals surface area contributed by atoms with Gasteiger partial charge in [0.2, 0.25) is 0 Å². The second-order valence-corrected chi connectivity index (χ2v) is 14.6. The van der Waals surface area contributed by atoms with Crippen LogP contribution in [0.25, 0.3) is 22.3 Å². The summed E-state index contributed by atoms with van der Waals surface area (Å²) in [6.07, 6.45) is 0. The predicted octanol–water partition coefficient (Wildman–Crippen LogP) is 7.90. The minimum Gasteiger partial charge on any atom is -0.192 e. The van der Waals surface area contributed by atoms with Crippen LogP contribution in [0.4, 0.5) is 0 Å². The molecule has 152 valence electrons. The van der Waals surface area contributed by atoms with E-state index in [1.165, 1.54) is 0 Å². The van der Waals surface area contributed by atoms with E-state index in [-0.39, 0.29) is 0 Å². The van der Waals surface area contributed by atoms with Crippen LogP contribution in [-0.4, -0.2) is 8.07 Å². The highest BCUT2D eigenvalue weighted by atomic mass is 28.3. The van der Waals surface area contributed by atoms with Crippen molar-refractivity contribution < 1.29 is 0 Å². The minimum atomic E-state index is -1.78. The van der Waals surface area contributed by atoms with Crippen molar-refractivity contribution in [3.05, 3.63) is 71.8 Å². The fourth-order valence-electron chi connectivity index (χ4n) is 5.01. The first kappa shape index (κ1) is 21.9. The molecule has 0 aliphatic heterocycles. The first-order valence-electron chi connectivity index (χ1n) is 10.9. The second kappa shape index (κ2) is 8.91. The third kappa shape index (κ3) is 3.94. The monoisotopic (exact) mass is 409 g/mol. The summed E-state index contributed by atoms with van der Waals surface area (Å²) in [4.78, 5) is 0. The van der Waals surface area contributed by atoms with Gasteiger partial charge in [-0.15, -0.1) is 5.54 Å². The number of fused-ring (bicyclic) bond motifs is 1. The molecule has 1 aromatic carbocycles. The van der Waals surface area contributed by atoms with Crippen LogP contribution in [0, 0.1) is 22.8 Å². The molecule has 0 saturated heterocycles. The van der Waals surface area contributed by atoms with Crippen LogP contribution in [0.1, 0.15) is 52.7 Å². The normalized spacial score (nSPS) is 11.6. The number of hydrogen-bond donors (Lipinski definition) is 0. The zero-order chi connectivity index (χ0) is 21.9. The second-order valence-electron chi connectivity index (χ2n) is 9.05. The van der Waals surface area contributed by atoms with Crippen molar-refractivity contribution in [2.75, 3.05) is 0 Å². The van der Waals surface area contributed by atoms with Gasteiger partial charge in [0.15, 0.2) is 0 Å². The molecule has 1 nitrogen and oxygen atoms in total. The van der Waals surface area contributed by atoms with E-state index in [4.69, 9.17) is 0 Å². The zero-order valence-electron chi connectivity index (χ0n) is 19.0. The molecule has 0 saturated carbocycles. The predicted molar refractivity (Wildman–Crippen MR) is 131 cm³/mol. The summed E-state index contributed by atoms with van der Waals surface area (Å²) in [5.41, 5.74) is 11.5. The van der Waals surface area contributed by atoms with Gasteiger partial charge >= 0.3 is 0 Å². The molecular formula is C28H31NSi. The first-order valence-corrected chi connectivity index (χ1v) is 13.1. The van der Waals surface area contributed by atoms with Crippen molar-refractivity contribution in [2.45, 2.75) is 58.2 Å². The maximum absolute atomic E-state index is 9.84. The molecule has 30 heavy (non-hydrogen) atoms. The number of rotatable bonds is 4. The van der Waals surface area contributed by atoms with Gasteiger partial charge in [0.25, 0.3) is 0 Å². The molecule has 3 rings (SSSR count). The maximum Gasteiger partial charge on any atom is 0.146 e. The fourth-order valence-corrected chi connectivity index (χ4v) is 10.2. The number of hydrogen-bond acceptors (Lipinski definition) is 1. The van der Waals surface area contributed by atoms with Crippen molar-refractivity contribution in [3.8, 4) is 39.8 Å². The quantitative estimate of drug-likeness (QED) is 0.317. The Morgan fingerprint density at radius 1 is 0.700 bits per heavy atom. The van der Waals surface area contributed by atoms with Crippen LogP contribution in [0.3, 0.4) is 0 Å². The van der Waals surface area contributed by atoms with E-state index < -0.39 is 8.07 Å². The van der Waals surface area contributed by atoms with E-state index in [9.17, 15) is 5.26 Å². The van der Waals surface area contributed by atoms with Crippen LogP contribution >= 0.6 is 0 Å². The van der Waals surface area contributed by atoms with Gasteiger partial charge in [-0.05, 0) is 45.9 Å². The molecule has 2 aliphatic carbocycles. The standard InChI is InChI=1S/C28H31NSi/c1-20(2)30(21(3)4,22(5)6)16-15-23-11-10-14-26-25(17-23)18-27(28(26)19-29)24-12-8-7-9-13-24/h7-14,17-18,20-22H,1-6H3. The molecule has 0 unspecified atom stereocenters. The van der Waals surface area contributed by atoms with Crippen molar-refractivity contribution in [1.29, 1.82) is 5.26 Å². The van der Waals surface area contributed by atoms with Gasteiger partial charge in [0.05, 0.1) is 5.56 Å². The Labute approximate surface area is 183 Å². The van der Waals surface area contributed by atoms with Crippen LogP contribution in [-0.2, 0) is 0 Å². The molecule has 0 heterocycles. The Bertz CT molecular complexity index is 1070. The van der Waals surface area contributed by atoms with E-state index in [2.05, 4.69) is 89.4 Å². The van der Waals surface area contributed by atoms with Crippen LogP contribution in [0.5, 0.6) is 0 Å². The van der Waals surface area contributed by atoms with Gasteiger partial charge in [0, 0.05) is 16.7 Å². The maximum atomic E-state index is 9.84. The van der Waals surface area contributed by atoms with Gasteiger partial charge in [-0.3, -0.25) is 0 Å². The summed E-state index contributed by atoms with van der Waals surface area (Å²) in [7, 11) is -1.78. The summed E-state index contributed by atoms with van der Waals surface area (Å²) in [6.45, 7) is 14.0. The summed E-state index contributed by atoms with van der Waals surface area (Å²) in [5, 5.41) is 9.84. The summed E-state index contributed by atoms with van der Waals surface area (Å²) >= 11 is 0. The molecule has 0 bridgehead atoms. The molecule has 0 fully saturated rings. The lowest BCUT2D eigenvalue weighted by molar-refractivity contribution is 0.838. The molecule has 1 aromatic rings. The van der Waals surface area contributed by atoms with E-state index in [1.54, 1.807) is 0 Å². The topological polar surface area (TPSA) is 23.8 Å². The van der Waals surface area contributed by atoms with Gasteiger partial charge < -0.3 is 0 Å². The number of nitriles is 1. The molecule has 0 spiro atoms. The number of nitrogens with zero attached hydrogens (tertiary/aromatic N) is 1. The minimum absolute atomic E-state index is 0.608. The highest BCUT2D eigenvalue weighted by Gasteiger charge is 2.41. The molecular weight excluding hydrogens is 378 g/mol. The van der Waals surface area contributed by atoms with E-state index in [0.717, 1.165) is 33.4 Å². The highest BCUT2D eigenvalue weighted by molar-refractivity contribution is 6.90. The largest absolute Gasteiger partial charge is 0.192 e. The lowest BCUT2D eigenvalue weighted by Gasteiger charge is -2.38. The van der Waals surface area contributed by atoms with Crippen molar-refractivity contribution in [1.82, 2.24) is 0 Å². The lowest BCUT2D eigenvalue weighted by atomic mass is 10.0. The van der Waals surface area contributed by atoms with Gasteiger partial charge in [-0.25, -0.2) is 0 Å². The molecule has 0 aromatic heterocycles. The first-order chi connectivity index (χ1) is 14.3. The third-order valence-corrected chi connectivity index (χ3v) is 12.8. The van der Waals surface area contributed by atoms with Crippen LogP contribution in [0.15, 0.2) is 60.7 Å². The van der Waals surface area contributed by atoms with Crippen LogP contribution in [0.2, 0.25) is 16.6 Å². The van der Waals surface area contributed by atoms with Crippen molar-refractivity contribution in [3.63, 3.8) is 0 Å². The average Bonchev–Trinajstić information content (AvgIpc) is 2.92. The van der Waals surface area contributed by atoms with Gasteiger partial charge in [0.1, 0.15) is 14.1 Å². The Hall–Kier alpha value is -2.81. The highest BCUT2D eigenvalue weighted by Crippen LogP contribution is 2.41. The Morgan fingerprint density at radius 3 is 1.90 bits per heavy atom.